The average molecular weight is 435 g/mol. The Morgan fingerprint density at radius 2 is 1.93 bits per heavy atom. The van der Waals surface area contributed by atoms with Crippen LogP contribution in [0.1, 0.15) is 49.4 Å². The third-order valence-electron chi connectivity index (χ3n) is 6.23. The Morgan fingerprint density at radius 3 is 2.50 bits per heavy atom. The Labute approximate surface area is 178 Å². The lowest BCUT2D eigenvalue weighted by Gasteiger charge is -2.37. The van der Waals surface area contributed by atoms with E-state index >= 15 is 0 Å². The van der Waals surface area contributed by atoms with Crippen molar-refractivity contribution in [2.45, 2.75) is 55.5 Å². The number of piperazine rings is 1. The number of rotatable bonds is 7. The van der Waals surface area contributed by atoms with Crippen LogP contribution in [-0.4, -0.2) is 73.0 Å². The lowest BCUT2D eigenvalue weighted by atomic mass is 9.99. The van der Waals surface area contributed by atoms with Crippen LogP contribution in [0, 0.1) is 11.3 Å². The molecule has 30 heavy (non-hydrogen) atoms. The standard InChI is InChI=1S/C21H30N4O4S/c1-2-18(15-26)24-10-12-25(13-11-24)30(28,29)19-7-5-6-17(14-19)20(27)23-21(16-22)8-3-4-9-21/h5-7,14,18,26H,2-4,8-13,15H2,1H3,(H,23,27)/t18-/m1/s1. The summed E-state index contributed by atoms with van der Waals surface area (Å²) in [4.78, 5) is 14.9. The van der Waals surface area contributed by atoms with E-state index in [-0.39, 0.29) is 23.1 Å². The zero-order chi connectivity index (χ0) is 21.8. The average Bonchev–Trinajstić information content (AvgIpc) is 3.24. The third kappa shape index (κ3) is 4.67. The number of benzene rings is 1. The summed E-state index contributed by atoms with van der Waals surface area (Å²) < 4.78 is 27.7. The van der Waals surface area contributed by atoms with E-state index in [2.05, 4.69) is 16.3 Å². The van der Waals surface area contributed by atoms with Crippen LogP contribution in [0.5, 0.6) is 0 Å². The van der Waals surface area contributed by atoms with Gasteiger partial charge in [-0.15, -0.1) is 0 Å². The minimum atomic E-state index is -3.73. The smallest absolute Gasteiger partial charge is 0.252 e. The zero-order valence-corrected chi connectivity index (χ0v) is 18.2. The van der Waals surface area contributed by atoms with E-state index in [4.69, 9.17) is 0 Å². The van der Waals surface area contributed by atoms with Crippen molar-refractivity contribution in [3.63, 3.8) is 0 Å². The number of nitrogens with zero attached hydrogens (tertiary/aromatic N) is 3. The monoisotopic (exact) mass is 434 g/mol. The molecule has 1 saturated carbocycles. The number of carbonyl (C=O) groups is 1. The lowest BCUT2D eigenvalue weighted by Crippen LogP contribution is -2.52. The first-order valence-electron chi connectivity index (χ1n) is 10.5. The molecule has 1 aliphatic heterocycles. The fourth-order valence-electron chi connectivity index (χ4n) is 4.29. The molecule has 1 atom stereocenters. The Kier molecular flexibility index (Phi) is 7.14. The van der Waals surface area contributed by atoms with Crippen molar-refractivity contribution in [2.75, 3.05) is 32.8 Å². The van der Waals surface area contributed by atoms with Crippen LogP contribution in [0.4, 0.5) is 0 Å². The SMILES string of the molecule is CC[C@H](CO)N1CCN(S(=O)(=O)c2cccc(C(=O)NC3(C#N)CCCC3)c2)CC1. The Balaban J connectivity index is 1.72. The molecule has 0 radical (unpaired) electrons. The van der Waals surface area contributed by atoms with Gasteiger partial charge in [-0.25, -0.2) is 8.42 Å². The predicted octanol–water partition coefficient (Wildman–Crippen LogP) is 1.33. The molecule has 1 amide bonds. The van der Waals surface area contributed by atoms with E-state index in [0.29, 0.717) is 39.0 Å². The van der Waals surface area contributed by atoms with Crippen LogP contribution in [0.3, 0.4) is 0 Å². The van der Waals surface area contributed by atoms with Gasteiger partial charge in [0.15, 0.2) is 0 Å². The van der Waals surface area contributed by atoms with E-state index in [1.54, 1.807) is 12.1 Å². The molecule has 164 valence electrons. The quantitative estimate of drug-likeness (QED) is 0.669. The van der Waals surface area contributed by atoms with Crippen molar-refractivity contribution in [1.82, 2.24) is 14.5 Å². The lowest BCUT2D eigenvalue weighted by molar-refractivity contribution is 0.0881. The first kappa shape index (κ1) is 22.7. The number of hydrogen-bond donors (Lipinski definition) is 2. The Morgan fingerprint density at radius 1 is 1.27 bits per heavy atom. The summed E-state index contributed by atoms with van der Waals surface area (Å²) in [6.45, 7) is 3.86. The number of aliphatic hydroxyl groups excluding tert-OH is 1. The van der Waals surface area contributed by atoms with E-state index < -0.39 is 21.5 Å². The molecule has 1 aliphatic carbocycles. The van der Waals surface area contributed by atoms with Gasteiger partial charge >= 0.3 is 0 Å². The van der Waals surface area contributed by atoms with Crippen molar-refractivity contribution < 1.29 is 18.3 Å². The van der Waals surface area contributed by atoms with Gasteiger partial charge in [-0.05, 0) is 50.3 Å². The number of amides is 1. The molecule has 0 unspecified atom stereocenters. The largest absolute Gasteiger partial charge is 0.395 e. The second-order valence-corrected chi connectivity index (χ2v) is 10.0. The second-order valence-electron chi connectivity index (χ2n) is 8.07. The van der Waals surface area contributed by atoms with Crippen LogP contribution in [0.25, 0.3) is 0 Å². The summed E-state index contributed by atoms with van der Waals surface area (Å²) in [5.41, 5.74) is -0.618. The number of hydrogen-bond acceptors (Lipinski definition) is 6. The van der Waals surface area contributed by atoms with Crippen molar-refractivity contribution >= 4 is 15.9 Å². The molecule has 0 bridgehead atoms. The highest BCUT2D eigenvalue weighted by Crippen LogP contribution is 2.29. The van der Waals surface area contributed by atoms with E-state index in [0.717, 1.165) is 19.3 Å². The predicted molar refractivity (Wildman–Crippen MR) is 112 cm³/mol. The van der Waals surface area contributed by atoms with Crippen LogP contribution >= 0.6 is 0 Å². The molecule has 2 fully saturated rings. The maximum Gasteiger partial charge on any atom is 0.252 e. The van der Waals surface area contributed by atoms with E-state index in [1.165, 1.54) is 16.4 Å². The normalized spacial score (nSPS) is 21.1. The minimum Gasteiger partial charge on any atom is -0.395 e. The van der Waals surface area contributed by atoms with Gasteiger partial charge in [0.1, 0.15) is 5.54 Å². The highest BCUT2D eigenvalue weighted by Gasteiger charge is 2.36. The van der Waals surface area contributed by atoms with Gasteiger partial charge in [-0.2, -0.15) is 9.57 Å². The van der Waals surface area contributed by atoms with Gasteiger partial charge < -0.3 is 10.4 Å². The number of sulfonamides is 1. The van der Waals surface area contributed by atoms with Crippen LogP contribution < -0.4 is 5.32 Å². The minimum absolute atomic E-state index is 0.0462. The molecular weight excluding hydrogens is 404 g/mol. The first-order valence-corrected chi connectivity index (χ1v) is 12.0. The van der Waals surface area contributed by atoms with Crippen molar-refractivity contribution in [1.29, 1.82) is 5.26 Å². The van der Waals surface area contributed by atoms with Gasteiger partial charge in [0.25, 0.3) is 5.91 Å². The van der Waals surface area contributed by atoms with Crippen molar-refractivity contribution in [3.8, 4) is 6.07 Å². The highest BCUT2D eigenvalue weighted by molar-refractivity contribution is 7.89. The number of nitrogens with one attached hydrogen (secondary N) is 1. The molecule has 2 aliphatic rings. The van der Waals surface area contributed by atoms with Gasteiger partial charge in [-0.1, -0.05) is 13.0 Å². The maximum atomic E-state index is 13.1. The molecule has 2 N–H and O–H groups in total. The summed E-state index contributed by atoms with van der Waals surface area (Å²) >= 11 is 0. The van der Waals surface area contributed by atoms with Crippen LogP contribution in [-0.2, 0) is 10.0 Å². The Bertz CT molecular complexity index is 894. The molecule has 1 heterocycles. The van der Waals surface area contributed by atoms with Gasteiger partial charge in [0.2, 0.25) is 10.0 Å². The molecule has 1 saturated heterocycles. The van der Waals surface area contributed by atoms with E-state index in [9.17, 15) is 23.6 Å². The van der Waals surface area contributed by atoms with Gasteiger partial charge in [-0.3, -0.25) is 9.69 Å². The van der Waals surface area contributed by atoms with Crippen LogP contribution in [0.2, 0.25) is 0 Å². The van der Waals surface area contributed by atoms with Crippen LogP contribution in [0.15, 0.2) is 29.2 Å². The third-order valence-corrected chi connectivity index (χ3v) is 8.12. The maximum absolute atomic E-state index is 13.1. The molecule has 3 rings (SSSR count). The molecule has 8 nitrogen and oxygen atoms in total. The summed E-state index contributed by atoms with van der Waals surface area (Å²) in [7, 11) is -3.73. The van der Waals surface area contributed by atoms with Crippen molar-refractivity contribution in [3.05, 3.63) is 29.8 Å². The Hall–Kier alpha value is -1.99. The highest BCUT2D eigenvalue weighted by atomic mass is 32.2. The van der Waals surface area contributed by atoms with Gasteiger partial charge in [0, 0.05) is 37.8 Å². The number of nitriles is 1. The molecular formula is C21H30N4O4S. The fourth-order valence-corrected chi connectivity index (χ4v) is 5.76. The second kappa shape index (κ2) is 9.43. The van der Waals surface area contributed by atoms with E-state index in [1.807, 2.05) is 6.92 Å². The molecule has 9 heteroatoms. The molecule has 1 aromatic carbocycles. The van der Waals surface area contributed by atoms with Crippen molar-refractivity contribution in [2.24, 2.45) is 0 Å². The molecule has 0 aromatic heterocycles. The summed E-state index contributed by atoms with van der Waals surface area (Å²) in [5.74, 6) is -0.422. The molecule has 0 spiro atoms. The number of carbonyl (C=O) groups excluding carboxylic acids is 1. The number of aliphatic hydroxyl groups is 1. The summed E-state index contributed by atoms with van der Waals surface area (Å²) in [5, 5.41) is 21.8. The topological polar surface area (TPSA) is 114 Å². The zero-order valence-electron chi connectivity index (χ0n) is 17.4. The molecule has 1 aromatic rings. The summed E-state index contributed by atoms with van der Waals surface area (Å²) in [6, 6.07) is 8.28. The fraction of sp³-hybridized carbons (Fsp3) is 0.619. The summed E-state index contributed by atoms with van der Waals surface area (Å²) in [6.07, 6.45) is 3.83. The first-order chi connectivity index (χ1) is 14.3. The van der Waals surface area contributed by atoms with Gasteiger partial charge in [0.05, 0.1) is 17.6 Å².